The monoisotopic (exact) mass is 349 g/mol. The molecule has 0 radical (unpaired) electrons. The van der Waals surface area contributed by atoms with Gasteiger partial charge in [0, 0.05) is 12.1 Å². The third-order valence-corrected chi connectivity index (χ3v) is 6.97. The molecule has 21 heavy (non-hydrogen) atoms. The Labute approximate surface area is 130 Å². The summed E-state index contributed by atoms with van der Waals surface area (Å²) in [5.41, 5.74) is -1.67. The minimum absolute atomic E-state index is 0.191. The van der Waals surface area contributed by atoms with E-state index >= 15 is 0 Å². The van der Waals surface area contributed by atoms with Gasteiger partial charge in [-0.3, -0.25) is 10.1 Å². The molecule has 0 amide bonds. The second-order valence-corrected chi connectivity index (χ2v) is 8.88. The molecule has 10 heteroatoms. The van der Waals surface area contributed by atoms with Gasteiger partial charge in [0.05, 0.1) is 11.0 Å². The Morgan fingerprint density at radius 1 is 1.57 bits per heavy atom. The van der Waals surface area contributed by atoms with Crippen LogP contribution in [0.25, 0.3) is 0 Å². The molecule has 0 aliphatic heterocycles. The number of halogens is 1. The van der Waals surface area contributed by atoms with E-state index in [4.69, 9.17) is 11.6 Å². The molecule has 0 bridgehead atoms. The molecule has 0 aromatic carbocycles. The van der Waals surface area contributed by atoms with Crippen LogP contribution in [0.4, 0.5) is 5.69 Å². The van der Waals surface area contributed by atoms with E-state index in [-0.39, 0.29) is 14.6 Å². The zero-order valence-electron chi connectivity index (χ0n) is 11.2. The molecule has 1 aromatic heterocycles. The highest BCUT2D eigenvalue weighted by molar-refractivity contribution is 7.91. The smallest absolute Gasteiger partial charge is 0.258 e. The summed E-state index contributed by atoms with van der Waals surface area (Å²) in [6, 6.07) is 2.67. The summed E-state index contributed by atoms with van der Waals surface area (Å²) in [5.74, 6) is 0. The van der Waals surface area contributed by atoms with E-state index in [2.05, 4.69) is 0 Å². The Balaban J connectivity index is 2.52. The van der Waals surface area contributed by atoms with Crippen molar-refractivity contribution in [2.75, 3.05) is 0 Å². The van der Waals surface area contributed by atoms with Gasteiger partial charge in [-0.2, -0.15) is 9.57 Å². The van der Waals surface area contributed by atoms with Crippen LogP contribution < -0.4 is 0 Å². The maximum Gasteiger partial charge on any atom is 0.300 e. The lowest BCUT2D eigenvalue weighted by molar-refractivity contribution is -0.384. The van der Waals surface area contributed by atoms with Gasteiger partial charge in [-0.1, -0.05) is 11.6 Å². The second-order valence-electron chi connectivity index (χ2n) is 5.18. The molecular formula is C11H12ClN3O4S2. The number of sulfonamides is 1. The number of thiophene rings is 1. The standard InChI is InChI=1S/C11H12ClN3O4S2/c1-11(2,6-13)14(7-3-4-7)21(18,19)9-5-8(15(16)17)10(12)20-9/h5,7H,3-4H2,1-2H3. The highest BCUT2D eigenvalue weighted by Gasteiger charge is 2.48. The van der Waals surface area contributed by atoms with Crippen molar-refractivity contribution in [3.05, 3.63) is 20.5 Å². The van der Waals surface area contributed by atoms with Crippen LogP contribution in [0.3, 0.4) is 0 Å². The van der Waals surface area contributed by atoms with Crippen molar-refractivity contribution >= 4 is 38.6 Å². The third-order valence-electron chi connectivity index (χ3n) is 3.06. The Morgan fingerprint density at radius 2 is 2.14 bits per heavy atom. The maximum absolute atomic E-state index is 12.7. The van der Waals surface area contributed by atoms with Crippen molar-refractivity contribution in [3.63, 3.8) is 0 Å². The molecule has 0 atom stereocenters. The van der Waals surface area contributed by atoms with Gasteiger partial charge in [0.25, 0.3) is 15.7 Å². The Bertz CT molecular complexity index is 731. The minimum Gasteiger partial charge on any atom is -0.258 e. The van der Waals surface area contributed by atoms with E-state index in [1.807, 2.05) is 6.07 Å². The van der Waals surface area contributed by atoms with E-state index in [9.17, 15) is 23.8 Å². The summed E-state index contributed by atoms with van der Waals surface area (Å²) in [6.45, 7) is 3.01. The first-order valence-electron chi connectivity index (χ1n) is 6.01. The molecule has 2 rings (SSSR count). The van der Waals surface area contributed by atoms with E-state index < -0.39 is 26.2 Å². The highest BCUT2D eigenvalue weighted by atomic mass is 35.5. The average Bonchev–Trinajstić information content (AvgIpc) is 3.08. The lowest BCUT2D eigenvalue weighted by atomic mass is 10.1. The van der Waals surface area contributed by atoms with Crippen LogP contribution in [0.5, 0.6) is 0 Å². The second kappa shape index (κ2) is 5.21. The molecule has 1 heterocycles. The molecule has 1 aliphatic carbocycles. The number of hydrogen-bond acceptors (Lipinski definition) is 6. The first-order chi connectivity index (χ1) is 9.61. The number of nitro groups is 1. The summed E-state index contributed by atoms with van der Waals surface area (Å²) >= 11 is 6.36. The first-order valence-corrected chi connectivity index (χ1v) is 8.64. The zero-order valence-corrected chi connectivity index (χ0v) is 13.6. The molecule has 0 N–H and O–H groups in total. The molecule has 114 valence electrons. The molecular weight excluding hydrogens is 338 g/mol. The van der Waals surface area contributed by atoms with Crippen LogP contribution in [-0.2, 0) is 10.0 Å². The van der Waals surface area contributed by atoms with E-state index in [0.717, 1.165) is 10.4 Å². The Kier molecular flexibility index (Phi) is 4.01. The molecule has 1 aliphatic rings. The van der Waals surface area contributed by atoms with Crippen LogP contribution in [0, 0.1) is 21.4 Å². The summed E-state index contributed by atoms with van der Waals surface area (Å²) in [6.07, 6.45) is 1.34. The number of nitrogens with zero attached hydrogens (tertiary/aromatic N) is 3. The predicted octanol–water partition coefficient (Wildman–Crippen LogP) is 2.76. The maximum atomic E-state index is 12.7. The van der Waals surface area contributed by atoms with Gasteiger partial charge < -0.3 is 0 Å². The average molecular weight is 350 g/mol. The SMILES string of the molecule is CC(C)(C#N)N(C1CC1)S(=O)(=O)c1cc([N+](=O)[O-])c(Cl)s1. The minimum atomic E-state index is -4.00. The molecule has 0 saturated heterocycles. The van der Waals surface area contributed by atoms with Crippen molar-refractivity contribution < 1.29 is 13.3 Å². The van der Waals surface area contributed by atoms with Crippen LogP contribution in [-0.4, -0.2) is 29.2 Å². The molecule has 1 aromatic rings. The van der Waals surface area contributed by atoms with Gasteiger partial charge >= 0.3 is 0 Å². The summed E-state index contributed by atoms with van der Waals surface area (Å²) < 4.78 is 26.1. The van der Waals surface area contributed by atoms with Gasteiger partial charge in [0.15, 0.2) is 4.34 Å². The van der Waals surface area contributed by atoms with Crippen molar-refractivity contribution in [2.45, 2.75) is 42.5 Å². The lowest BCUT2D eigenvalue weighted by Gasteiger charge is -2.31. The number of nitriles is 1. The predicted molar refractivity (Wildman–Crippen MR) is 77.7 cm³/mol. The topological polar surface area (TPSA) is 104 Å². The number of rotatable bonds is 5. The van der Waals surface area contributed by atoms with Gasteiger partial charge in [-0.25, -0.2) is 8.42 Å². The van der Waals surface area contributed by atoms with Crippen molar-refractivity contribution in [2.24, 2.45) is 0 Å². The molecule has 7 nitrogen and oxygen atoms in total. The Hall–Kier alpha value is -1.21. The van der Waals surface area contributed by atoms with Crippen molar-refractivity contribution in [3.8, 4) is 6.07 Å². The van der Waals surface area contributed by atoms with Crippen LogP contribution in [0.1, 0.15) is 26.7 Å². The van der Waals surface area contributed by atoms with Gasteiger partial charge in [0.2, 0.25) is 0 Å². The molecule has 0 spiro atoms. The fraction of sp³-hybridized carbons (Fsp3) is 0.545. The fourth-order valence-electron chi connectivity index (χ4n) is 2.00. The Morgan fingerprint density at radius 3 is 2.52 bits per heavy atom. The van der Waals surface area contributed by atoms with Crippen LogP contribution in [0.2, 0.25) is 4.34 Å². The molecule has 1 saturated carbocycles. The quantitative estimate of drug-likeness (QED) is 0.600. The van der Waals surface area contributed by atoms with Gasteiger partial charge in [-0.15, -0.1) is 11.3 Å². The summed E-state index contributed by atoms with van der Waals surface area (Å²) in [7, 11) is -4.00. The van der Waals surface area contributed by atoms with E-state index in [1.165, 1.54) is 13.8 Å². The normalized spacial score (nSPS) is 16.0. The molecule has 1 fully saturated rings. The van der Waals surface area contributed by atoms with E-state index in [0.29, 0.717) is 24.2 Å². The van der Waals surface area contributed by atoms with Crippen LogP contribution in [0.15, 0.2) is 10.3 Å². The van der Waals surface area contributed by atoms with Crippen molar-refractivity contribution in [1.82, 2.24) is 4.31 Å². The summed E-state index contributed by atoms with van der Waals surface area (Å²) in [5, 5.41) is 20.0. The van der Waals surface area contributed by atoms with Gasteiger partial charge in [-0.05, 0) is 26.7 Å². The van der Waals surface area contributed by atoms with Crippen molar-refractivity contribution in [1.29, 1.82) is 5.26 Å². The largest absolute Gasteiger partial charge is 0.300 e. The highest BCUT2D eigenvalue weighted by Crippen LogP contribution is 2.42. The van der Waals surface area contributed by atoms with Crippen LogP contribution >= 0.6 is 22.9 Å². The third kappa shape index (κ3) is 2.89. The number of hydrogen-bond donors (Lipinski definition) is 0. The van der Waals surface area contributed by atoms with E-state index in [1.54, 1.807) is 0 Å². The summed E-state index contributed by atoms with van der Waals surface area (Å²) in [4.78, 5) is 10.1. The lowest BCUT2D eigenvalue weighted by Crippen LogP contribution is -2.47. The molecule has 0 unspecified atom stereocenters. The first kappa shape index (κ1) is 16.2. The fourth-order valence-corrected chi connectivity index (χ4v) is 5.71. The zero-order chi connectivity index (χ0) is 16.0. The van der Waals surface area contributed by atoms with Gasteiger partial charge in [0.1, 0.15) is 9.75 Å².